The summed E-state index contributed by atoms with van der Waals surface area (Å²) in [5.74, 6) is 2.10. The van der Waals surface area contributed by atoms with Crippen molar-refractivity contribution in [2.45, 2.75) is 43.9 Å². The van der Waals surface area contributed by atoms with Gasteiger partial charge in [0.05, 0.1) is 11.8 Å². The number of pyridine rings is 2. The zero-order chi connectivity index (χ0) is 20.4. The van der Waals surface area contributed by atoms with E-state index in [0.29, 0.717) is 24.8 Å². The van der Waals surface area contributed by atoms with Gasteiger partial charge in [0.2, 0.25) is 5.91 Å². The van der Waals surface area contributed by atoms with Gasteiger partial charge < -0.3 is 9.42 Å². The SMILES string of the molecule is O=C(Cc1ccncc1)N1CCCC(CC2CC2)(c2noc(-c3ccncc3)n2)C1. The number of rotatable bonds is 6. The predicted octanol–water partition coefficient (Wildman–Crippen LogP) is 3.43. The number of likely N-dealkylation sites (tertiary alicyclic amines) is 1. The molecule has 3 aromatic heterocycles. The van der Waals surface area contributed by atoms with Gasteiger partial charge in [0.1, 0.15) is 0 Å². The summed E-state index contributed by atoms with van der Waals surface area (Å²) in [6.45, 7) is 1.44. The molecule has 0 N–H and O–H groups in total. The Morgan fingerprint density at radius 1 is 1.10 bits per heavy atom. The standard InChI is InChI=1S/C23H25N5O2/c29-20(14-17-4-9-24-10-5-17)28-13-1-8-23(16-28,15-18-2-3-18)22-26-21(30-27-22)19-6-11-25-12-7-19/h4-7,9-12,18H,1-3,8,13-16H2. The number of piperidine rings is 1. The molecule has 1 aliphatic carbocycles. The highest BCUT2D eigenvalue weighted by molar-refractivity contribution is 5.79. The molecule has 4 heterocycles. The summed E-state index contributed by atoms with van der Waals surface area (Å²) in [7, 11) is 0. The maximum atomic E-state index is 13.0. The molecule has 1 saturated carbocycles. The first kappa shape index (κ1) is 18.9. The Bertz CT molecular complexity index is 1000. The Morgan fingerprint density at radius 2 is 1.83 bits per heavy atom. The third kappa shape index (κ3) is 3.97. The molecule has 7 heteroatoms. The first-order chi connectivity index (χ1) is 14.7. The lowest BCUT2D eigenvalue weighted by Crippen LogP contribution is -2.49. The van der Waals surface area contributed by atoms with E-state index in [0.717, 1.165) is 42.8 Å². The number of carbonyl (C=O) groups excluding carboxylic acids is 1. The summed E-state index contributed by atoms with van der Waals surface area (Å²) in [5.41, 5.74) is 1.63. The molecule has 1 atom stereocenters. The second-order valence-corrected chi connectivity index (χ2v) is 8.54. The largest absolute Gasteiger partial charge is 0.341 e. The molecule has 3 aromatic rings. The van der Waals surface area contributed by atoms with Crippen LogP contribution in [0.25, 0.3) is 11.5 Å². The number of carbonyl (C=O) groups is 1. The van der Waals surface area contributed by atoms with Gasteiger partial charge in [0.15, 0.2) is 5.82 Å². The number of aromatic nitrogens is 4. The fraction of sp³-hybridized carbons (Fsp3) is 0.435. The highest BCUT2D eigenvalue weighted by atomic mass is 16.5. The second kappa shape index (κ2) is 7.97. The maximum absolute atomic E-state index is 13.0. The molecular formula is C23H25N5O2. The van der Waals surface area contributed by atoms with Crippen LogP contribution < -0.4 is 0 Å². The molecule has 0 aromatic carbocycles. The lowest BCUT2D eigenvalue weighted by Gasteiger charge is -2.41. The lowest BCUT2D eigenvalue weighted by atomic mass is 9.74. The first-order valence-electron chi connectivity index (χ1n) is 10.6. The Morgan fingerprint density at radius 3 is 2.57 bits per heavy atom. The fourth-order valence-electron chi connectivity index (χ4n) is 4.50. The zero-order valence-corrected chi connectivity index (χ0v) is 16.9. The average molecular weight is 403 g/mol. The third-order valence-corrected chi connectivity index (χ3v) is 6.24. The Balaban J connectivity index is 1.39. The van der Waals surface area contributed by atoms with Crippen LogP contribution in [0.4, 0.5) is 0 Å². The van der Waals surface area contributed by atoms with Gasteiger partial charge in [-0.3, -0.25) is 14.8 Å². The van der Waals surface area contributed by atoms with Crippen LogP contribution in [0.1, 0.15) is 43.5 Å². The van der Waals surface area contributed by atoms with Crippen LogP contribution in [0.2, 0.25) is 0 Å². The van der Waals surface area contributed by atoms with Gasteiger partial charge in [-0.2, -0.15) is 4.98 Å². The summed E-state index contributed by atoms with van der Waals surface area (Å²) in [4.78, 5) is 27.9. The molecule has 0 spiro atoms. The Labute approximate surface area is 175 Å². The predicted molar refractivity (Wildman–Crippen MR) is 110 cm³/mol. The molecular weight excluding hydrogens is 378 g/mol. The minimum absolute atomic E-state index is 0.152. The van der Waals surface area contributed by atoms with Crippen LogP contribution >= 0.6 is 0 Å². The molecule has 2 aliphatic rings. The maximum Gasteiger partial charge on any atom is 0.258 e. The van der Waals surface area contributed by atoms with Crippen molar-refractivity contribution in [3.05, 3.63) is 60.4 Å². The summed E-state index contributed by atoms with van der Waals surface area (Å²) < 4.78 is 5.62. The monoisotopic (exact) mass is 403 g/mol. The number of hydrogen-bond acceptors (Lipinski definition) is 6. The quantitative estimate of drug-likeness (QED) is 0.627. The van der Waals surface area contributed by atoms with Crippen molar-refractivity contribution in [1.82, 2.24) is 25.0 Å². The Kier molecular flexibility index (Phi) is 5.02. The smallest absolute Gasteiger partial charge is 0.258 e. The molecule has 1 unspecified atom stereocenters. The molecule has 30 heavy (non-hydrogen) atoms. The summed E-state index contributed by atoms with van der Waals surface area (Å²) in [6, 6.07) is 7.55. The van der Waals surface area contributed by atoms with E-state index in [4.69, 9.17) is 9.51 Å². The van der Waals surface area contributed by atoms with Crippen molar-refractivity contribution in [1.29, 1.82) is 0 Å². The first-order valence-corrected chi connectivity index (χ1v) is 10.6. The van der Waals surface area contributed by atoms with Crippen molar-refractivity contribution < 1.29 is 9.32 Å². The normalized spacial score (nSPS) is 21.5. The average Bonchev–Trinajstić information content (AvgIpc) is 3.45. The molecule has 0 radical (unpaired) electrons. The van der Waals surface area contributed by atoms with Gasteiger partial charge >= 0.3 is 0 Å². The van der Waals surface area contributed by atoms with Crippen molar-refractivity contribution in [3.63, 3.8) is 0 Å². The number of hydrogen-bond donors (Lipinski definition) is 0. The number of amides is 1. The van der Waals surface area contributed by atoms with Crippen LogP contribution in [0.3, 0.4) is 0 Å². The van der Waals surface area contributed by atoms with E-state index < -0.39 is 0 Å². The minimum atomic E-state index is -0.234. The Hall–Kier alpha value is -3.09. The van der Waals surface area contributed by atoms with Crippen molar-refractivity contribution in [2.24, 2.45) is 5.92 Å². The topological polar surface area (TPSA) is 85.0 Å². The molecule has 0 bridgehead atoms. The zero-order valence-electron chi connectivity index (χ0n) is 16.9. The summed E-state index contributed by atoms with van der Waals surface area (Å²) in [5, 5.41) is 4.39. The van der Waals surface area contributed by atoms with E-state index in [2.05, 4.69) is 15.1 Å². The summed E-state index contributed by atoms with van der Waals surface area (Å²) in [6.07, 6.45) is 12.8. The van der Waals surface area contributed by atoms with Crippen molar-refractivity contribution >= 4 is 5.91 Å². The highest BCUT2D eigenvalue weighted by Crippen LogP contribution is 2.46. The lowest BCUT2D eigenvalue weighted by molar-refractivity contribution is -0.133. The van der Waals surface area contributed by atoms with Crippen LogP contribution in [-0.4, -0.2) is 44.0 Å². The molecule has 1 saturated heterocycles. The van der Waals surface area contributed by atoms with Gasteiger partial charge in [-0.15, -0.1) is 0 Å². The van der Waals surface area contributed by atoms with Crippen molar-refractivity contribution in [3.8, 4) is 11.5 Å². The second-order valence-electron chi connectivity index (χ2n) is 8.54. The molecule has 1 aliphatic heterocycles. The molecule has 7 nitrogen and oxygen atoms in total. The third-order valence-electron chi connectivity index (χ3n) is 6.24. The molecule has 1 amide bonds. The molecule has 5 rings (SSSR count). The highest BCUT2D eigenvalue weighted by Gasteiger charge is 2.45. The molecule has 2 fully saturated rings. The van der Waals surface area contributed by atoms with Crippen LogP contribution in [-0.2, 0) is 16.6 Å². The van der Waals surface area contributed by atoms with E-state index in [9.17, 15) is 4.79 Å². The van der Waals surface area contributed by atoms with E-state index >= 15 is 0 Å². The minimum Gasteiger partial charge on any atom is -0.341 e. The van der Waals surface area contributed by atoms with E-state index in [1.807, 2.05) is 29.2 Å². The van der Waals surface area contributed by atoms with Gasteiger partial charge in [0.25, 0.3) is 5.89 Å². The molecule has 154 valence electrons. The van der Waals surface area contributed by atoms with E-state index in [1.54, 1.807) is 24.8 Å². The van der Waals surface area contributed by atoms with Crippen LogP contribution in [0.5, 0.6) is 0 Å². The van der Waals surface area contributed by atoms with Crippen LogP contribution in [0, 0.1) is 5.92 Å². The van der Waals surface area contributed by atoms with Gasteiger partial charge in [-0.25, -0.2) is 0 Å². The van der Waals surface area contributed by atoms with Gasteiger partial charge in [0, 0.05) is 43.4 Å². The number of nitrogens with zero attached hydrogens (tertiary/aromatic N) is 5. The van der Waals surface area contributed by atoms with E-state index in [1.165, 1.54) is 12.8 Å². The van der Waals surface area contributed by atoms with Crippen molar-refractivity contribution in [2.75, 3.05) is 13.1 Å². The van der Waals surface area contributed by atoms with Gasteiger partial charge in [-0.05, 0) is 55.0 Å². The van der Waals surface area contributed by atoms with E-state index in [-0.39, 0.29) is 11.3 Å². The fourth-order valence-corrected chi connectivity index (χ4v) is 4.50. The van der Waals surface area contributed by atoms with Gasteiger partial charge in [-0.1, -0.05) is 18.0 Å². The summed E-state index contributed by atoms with van der Waals surface area (Å²) >= 11 is 0. The van der Waals surface area contributed by atoms with Crippen LogP contribution in [0.15, 0.2) is 53.6 Å².